The predicted molar refractivity (Wildman–Crippen MR) is 167 cm³/mol. The van der Waals surface area contributed by atoms with Gasteiger partial charge in [0.15, 0.2) is 0 Å². The molecule has 0 aliphatic carbocycles. The molecule has 4 heteroatoms. The van der Waals surface area contributed by atoms with E-state index in [0.717, 1.165) is 60.6 Å². The average Bonchev–Trinajstić information content (AvgIpc) is 3.57. The van der Waals surface area contributed by atoms with Crippen LogP contribution in [-0.4, -0.2) is 4.57 Å². The normalized spacial score (nSPS) is 12.0. The van der Waals surface area contributed by atoms with Crippen LogP contribution in [0.3, 0.4) is 0 Å². The molecule has 0 atom stereocenters. The van der Waals surface area contributed by atoms with Crippen molar-refractivity contribution in [1.82, 2.24) is 4.57 Å². The van der Waals surface area contributed by atoms with Crippen molar-refractivity contribution >= 4 is 65.7 Å². The number of hydrogen-bond donors (Lipinski definition) is 0. The Morgan fingerprint density at radius 1 is 0.463 bits per heavy atom. The van der Waals surface area contributed by atoms with Gasteiger partial charge in [-0.1, -0.05) is 72.8 Å². The highest BCUT2D eigenvalue weighted by Gasteiger charge is 2.19. The first kappa shape index (κ1) is 22.2. The Morgan fingerprint density at radius 2 is 1.12 bits per heavy atom. The van der Waals surface area contributed by atoms with E-state index in [0.29, 0.717) is 21.9 Å². The summed E-state index contributed by atoms with van der Waals surface area (Å²) in [6.45, 7) is 0. The number of benzene rings is 6. The van der Waals surface area contributed by atoms with Gasteiger partial charge in [-0.15, -0.1) is 0 Å². The number of furan rings is 1. The summed E-state index contributed by atoms with van der Waals surface area (Å²) in [6.07, 6.45) is 0. The molecule has 0 aliphatic heterocycles. The molecule has 0 radical (unpaired) electrons. The van der Waals surface area contributed by atoms with Gasteiger partial charge in [-0.25, -0.2) is 0 Å². The van der Waals surface area contributed by atoms with Crippen LogP contribution >= 0.6 is 0 Å². The lowest BCUT2D eigenvalue weighted by Gasteiger charge is -2.10. The quantitative estimate of drug-likeness (QED) is 0.210. The summed E-state index contributed by atoms with van der Waals surface area (Å²) < 4.78 is 14.8. The molecular weight excluding hydrogens is 506 g/mol. The van der Waals surface area contributed by atoms with Gasteiger partial charge in [0.1, 0.15) is 22.3 Å². The minimum atomic E-state index is -0.0412. The van der Waals surface area contributed by atoms with Crippen LogP contribution < -0.4 is 5.43 Å². The van der Waals surface area contributed by atoms with Crippen molar-refractivity contribution in [1.29, 1.82) is 0 Å². The zero-order valence-corrected chi connectivity index (χ0v) is 21.8. The molecule has 0 unspecified atom stereocenters. The van der Waals surface area contributed by atoms with Gasteiger partial charge in [-0.2, -0.15) is 0 Å². The molecule has 0 N–H and O–H groups in total. The van der Waals surface area contributed by atoms with Gasteiger partial charge >= 0.3 is 0 Å². The molecule has 9 rings (SSSR count). The van der Waals surface area contributed by atoms with E-state index in [2.05, 4.69) is 47.0 Å². The van der Waals surface area contributed by atoms with E-state index in [1.807, 2.05) is 84.9 Å². The van der Waals surface area contributed by atoms with Gasteiger partial charge in [0.05, 0.1) is 27.2 Å². The van der Waals surface area contributed by atoms with E-state index in [-0.39, 0.29) is 5.43 Å². The minimum Gasteiger partial charge on any atom is -0.456 e. The highest BCUT2D eigenvalue weighted by molar-refractivity contribution is 6.24. The molecule has 3 heterocycles. The zero-order chi connectivity index (χ0) is 27.1. The van der Waals surface area contributed by atoms with E-state index in [4.69, 9.17) is 8.83 Å². The first-order chi connectivity index (χ1) is 20.2. The molecule has 192 valence electrons. The largest absolute Gasteiger partial charge is 0.456 e. The summed E-state index contributed by atoms with van der Waals surface area (Å²) in [5.41, 5.74) is 7.86. The molecule has 3 aromatic heterocycles. The summed E-state index contributed by atoms with van der Waals surface area (Å²) in [4.78, 5) is 14.0. The lowest BCUT2D eigenvalue weighted by atomic mass is 10.0. The standard InChI is InChI=1S/C37H21NO3/c39-37-28-20-23(22-8-2-1-3-9-22)14-17-32(28)40-33-18-15-24(21-29(33)37)38-30-12-6-4-10-25(30)26-16-19-34-35(36(26)38)27-11-5-7-13-31(27)41-34/h1-21H. The molecule has 0 amide bonds. The molecule has 0 aliphatic rings. The van der Waals surface area contributed by atoms with Crippen LogP contribution in [0.1, 0.15) is 0 Å². The Kier molecular flexibility index (Phi) is 4.44. The number of nitrogens with zero attached hydrogens (tertiary/aromatic N) is 1. The lowest BCUT2D eigenvalue weighted by molar-refractivity contribution is 0.660. The monoisotopic (exact) mass is 527 g/mol. The maximum Gasteiger partial charge on any atom is 0.200 e. The maximum absolute atomic E-state index is 14.0. The third kappa shape index (κ3) is 3.13. The smallest absolute Gasteiger partial charge is 0.200 e. The van der Waals surface area contributed by atoms with Crippen LogP contribution in [0.4, 0.5) is 0 Å². The number of aromatic nitrogens is 1. The van der Waals surface area contributed by atoms with Gasteiger partial charge in [-0.05, 0) is 65.7 Å². The summed E-state index contributed by atoms with van der Waals surface area (Å²) in [5, 5.41) is 5.53. The fraction of sp³-hybridized carbons (Fsp3) is 0. The van der Waals surface area contributed by atoms with Crippen LogP contribution in [0.15, 0.2) is 141 Å². The SMILES string of the molecule is O=c1c2cc(-c3ccccc3)ccc2oc2ccc(-n3c4ccccc4c4ccc5oc6ccccc6c5c43)cc12. The van der Waals surface area contributed by atoms with Crippen LogP contribution in [0, 0.1) is 0 Å². The predicted octanol–water partition coefficient (Wildman–Crippen LogP) is 9.61. The van der Waals surface area contributed by atoms with Crippen molar-refractivity contribution in [2.24, 2.45) is 0 Å². The third-order valence-electron chi connectivity index (χ3n) is 8.19. The van der Waals surface area contributed by atoms with E-state index >= 15 is 0 Å². The molecule has 41 heavy (non-hydrogen) atoms. The van der Waals surface area contributed by atoms with E-state index in [9.17, 15) is 4.79 Å². The highest BCUT2D eigenvalue weighted by atomic mass is 16.3. The Hall–Kier alpha value is -5.61. The van der Waals surface area contributed by atoms with Crippen molar-refractivity contribution in [3.8, 4) is 16.8 Å². The van der Waals surface area contributed by atoms with Gasteiger partial charge in [-0.3, -0.25) is 4.79 Å². The van der Waals surface area contributed by atoms with E-state index in [1.165, 1.54) is 0 Å². The number of fused-ring (bicyclic) bond motifs is 9. The average molecular weight is 528 g/mol. The molecule has 0 spiro atoms. The Morgan fingerprint density at radius 3 is 2.00 bits per heavy atom. The molecule has 4 nitrogen and oxygen atoms in total. The van der Waals surface area contributed by atoms with Crippen molar-refractivity contribution in [3.05, 3.63) is 138 Å². The molecular formula is C37H21NO3. The van der Waals surface area contributed by atoms with Crippen LogP contribution in [0.25, 0.3) is 82.5 Å². The van der Waals surface area contributed by atoms with E-state index < -0.39 is 0 Å². The van der Waals surface area contributed by atoms with Gasteiger partial charge in [0.2, 0.25) is 5.43 Å². The molecule has 0 bridgehead atoms. The summed E-state index contributed by atoms with van der Waals surface area (Å²) >= 11 is 0. The maximum atomic E-state index is 14.0. The molecule has 0 saturated carbocycles. The Labute approximate surface area is 233 Å². The van der Waals surface area contributed by atoms with E-state index in [1.54, 1.807) is 0 Å². The molecule has 0 saturated heterocycles. The minimum absolute atomic E-state index is 0.0412. The van der Waals surface area contributed by atoms with Gasteiger partial charge in [0, 0.05) is 21.8 Å². The third-order valence-corrected chi connectivity index (χ3v) is 8.19. The second-order valence-corrected chi connectivity index (χ2v) is 10.5. The molecule has 9 aromatic rings. The van der Waals surface area contributed by atoms with Crippen molar-refractivity contribution in [2.45, 2.75) is 0 Å². The first-order valence-electron chi connectivity index (χ1n) is 13.6. The van der Waals surface area contributed by atoms with Crippen molar-refractivity contribution in [2.75, 3.05) is 0 Å². The number of para-hydroxylation sites is 2. The zero-order valence-electron chi connectivity index (χ0n) is 21.8. The summed E-state index contributed by atoms with van der Waals surface area (Å²) in [5.74, 6) is 0. The van der Waals surface area contributed by atoms with Crippen LogP contribution in [-0.2, 0) is 0 Å². The highest BCUT2D eigenvalue weighted by Crippen LogP contribution is 2.41. The number of rotatable bonds is 2. The van der Waals surface area contributed by atoms with Gasteiger partial charge in [0.25, 0.3) is 0 Å². The molecule has 0 fully saturated rings. The lowest BCUT2D eigenvalue weighted by Crippen LogP contribution is -2.04. The summed E-state index contributed by atoms with van der Waals surface area (Å²) in [6, 6.07) is 42.5. The summed E-state index contributed by atoms with van der Waals surface area (Å²) in [7, 11) is 0. The Balaban J connectivity index is 1.37. The number of hydrogen-bond acceptors (Lipinski definition) is 3. The van der Waals surface area contributed by atoms with Crippen LogP contribution in [0.5, 0.6) is 0 Å². The fourth-order valence-corrected chi connectivity index (χ4v) is 6.33. The second kappa shape index (κ2) is 8.20. The van der Waals surface area contributed by atoms with Crippen molar-refractivity contribution in [3.63, 3.8) is 0 Å². The van der Waals surface area contributed by atoms with Gasteiger partial charge < -0.3 is 13.4 Å². The second-order valence-electron chi connectivity index (χ2n) is 10.5. The fourth-order valence-electron chi connectivity index (χ4n) is 6.33. The van der Waals surface area contributed by atoms with Crippen molar-refractivity contribution < 1.29 is 8.83 Å². The molecule has 6 aromatic carbocycles. The topological polar surface area (TPSA) is 48.3 Å². The Bertz CT molecular complexity index is 2550. The van der Waals surface area contributed by atoms with Crippen LogP contribution in [0.2, 0.25) is 0 Å². The first-order valence-corrected chi connectivity index (χ1v) is 13.6.